The molecule has 116 valence electrons. The lowest BCUT2D eigenvalue weighted by molar-refractivity contribution is -0.163. The number of carbonyl (C=O) groups excluding carboxylic acids is 2. The van der Waals surface area contributed by atoms with Gasteiger partial charge in [0.1, 0.15) is 0 Å². The molecule has 20 heavy (non-hydrogen) atoms. The lowest BCUT2D eigenvalue weighted by Crippen LogP contribution is -2.37. The zero-order valence-corrected chi connectivity index (χ0v) is 13.0. The average Bonchev–Trinajstić information content (AvgIpc) is 2.92. The third kappa shape index (κ3) is 4.50. The molecule has 4 nitrogen and oxygen atoms in total. The Kier molecular flexibility index (Phi) is 7.63. The summed E-state index contributed by atoms with van der Waals surface area (Å²) in [7, 11) is 0. The average molecular weight is 284 g/mol. The van der Waals surface area contributed by atoms with E-state index in [2.05, 4.69) is 0 Å². The van der Waals surface area contributed by atoms with Crippen LogP contribution in [0.3, 0.4) is 0 Å². The van der Waals surface area contributed by atoms with Crippen LogP contribution in [0.25, 0.3) is 0 Å². The molecule has 0 saturated heterocycles. The molecule has 0 aromatic heterocycles. The molecule has 0 bridgehead atoms. The molecule has 0 radical (unpaired) electrons. The van der Waals surface area contributed by atoms with Gasteiger partial charge in [-0.1, -0.05) is 26.2 Å². The van der Waals surface area contributed by atoms with Gasteiger partial charge in [0.15, 0.2) is 0 Å². The van der Waals surface area contributed by atoms with Crippen LogP contribution < -0.4 is 0 Å². The van der Waals surface area contributed by atoms with Gasteiger partial charge in [-0.3, -0.25) is 9.59 Å². The third-order valence-electron chi connectivity index (χ3n) is 4.09. The quantitative estimate of drug-likeness (QED) is 0.641. The molecule has 1 aliphatic carbocycles. The van der Waals surface area contributed by atoms with Gasteiger partial charge in [-0.15, -0.1) is 0 Å². The standard InChI is InChI=1S/C16H28O4/c1-4-9-13(15(17)19-5-2)14(16(18)20-6-3)12-10-7-8-11-12/h12-14H,4-11H2,1-3H3. The van der Waals surface area contributed by atoms with Crippen molar-refractivity contribution < 1.29 is 19.1 Å². The third-order valence-corrected chi connectivity index (χ3v) is 4.09. The summed E-state index contributed by atoms with van der Waals surface area (Å²) in [6.45, 7) is 6.37. The molecule has 1 saturated carbocycles. The van der Waals surface area contributed by atoms with Crippen LogP contribution in [0.4, 0.5) is 0 Å². The first-order chi connectivity index (χ1) is 9.65. The zero-order chi connectivity index (χ0) is 15.0. The zero-order valence-electron chi connectivity index (χ0n) is 13.0. The van der Waals surface area contributed by atoms with Crippen LogP contribution in [0.2, 0.25) is 0 Å². The molecule has 0 amide bonds. The number of esters is 2. The van der Waals surface area contributed by atoms with Crippen molar-refractivity contribution in [2.45, 2.75) is 59.3 Å². The van der Waals surface area contributed by atoms with Crippen molar-refractivity contribution in [1.82, 2.24) is 0 Å². The molecule has 1 aliphatic rings. The van der Waals surface area contributed by atoms with Crippen LogP contribution in [0.1, 0.15) is 59.3 Å². The van der Waals surface area contributed by atoms with Gasteiger partial charge in [0.05, 0.1) is 25.0 Å². The Balaban J connectivity index is 2.90. The molecule has 1 rings (SSSR count). The lowest BCUT2D eigenvalue weighted by Gasteiger charge is -2.28. The normalized spacial score (nSPS) is 18.6. The molecule has 0 aliphatic heterocycles. The molecule has 0 N–H and O–H groups in total. The van der Waals surface area contributed by atoms with Gasteiger partial charge < -0.3 is 9.47 Å². The molecular weight excluding hydrogens is 256 g/mol. The first kappa shape index (κ1) is 17.0. The first-order valence-corrected chi connectivity index (χ1v) is 7.98. The van der Waals surface area contributed by atoms with Gasteiger partial charge in [-0.05, 0) is 39.0 Å². The molecule has 4 heteroatoms. The largest absolute Gasteiger partial charge is 0.466 e. The fraction of sp³-hybridized carbons (Fsp3) is 0.875. The van der Waals surface area contributed by atoms with Gasteiger partial charge >= 0.3 is 11.9 Å². The number of rotatable bonds is 8. The second kappa shape index (κ2) is 8.98. The highest BCUT2D eigenvalue weighted by Gasteiger charge is 2.41. The van der Waals surface area contributed by atoms with Crippen molar-refractivity contribution >= 4 is 11.9 Å². The van der Waals surface area contributed by atoms with Crippen molar-refractivity contribution in [1.29, 1.82) is 0 Å². The van der Waals surface area contributed by atoms with Gasteiger partial charge in [0.2, 0.25) is 0 Å². The summed E-state index contributed by atoms with van der Waals surface area (Å²) >= 11 is 0. The van der Waals surface area contributed by atoms with Crippen molar-refractivity contribution in [2.75, 3.05) is 13.2 Å². The second-order valence-electron chi connectivity index (χ2n) is 5.47. The van der Waals surface area contributed by atoms with Crippen LogP contribution in [0.15, 0.2) is 0 Å². The molecule has 0 spiro atoms. The Bertz CT molecular complexity index is 308. The summed E-state index contributed by atoms with van der Waals surface area (Å²) in [6, 6.07) is 0. The summed E-state index contributed by atoms with van der Waals surface area (Å²) in [5.41, 5.74) is 0. The lowest BCUT2D eigenvalue weighted by atomic mass is 9.78. The maximum atomic E-state index is 12.3. The number of hydrogen-bond acceptors (Lipinski definition) is 4. The Labute approximate surface area is 122 Å². The Hall–Kier alpha value is -1.06. The highest BCUT2D eigenvalue weighted by atomic mass is 16.5. The number of ether oxygens (including phenoxy) is 2. The summed E-state index contributed by atoms with van der Waals surface area (Å²) in [4.78, 5) is 24.5. The van der Waals surface area contributed by atoms with Gasteiger partial charge in [0, 0.05) is 0 Å². The fourth-order valence-corrected chi connectivity index (χ4v) is 3.24. The van der Waals surface area contributed by atoms with E-state index in [4.69, 9.17) is 9.47 Å². The van der Waals surface area contributed by atoms with Crippen molar-refractivity contribution in [2.24, 2.45) is 17.8 Å². The van der Waals surface area contributed by atoms with Crippen LogP contribution in [0, 0.1) is 17.8 Å². The maximum Gasteiger partial charge on any atom is 0.310 e. The van der Waals surface area contributed by atoms with Crippen LogP contribution in [0.5, 0.6) is 0 Å². The van der Waals surface area contributed by atoms with E-state index in [1.54, 1.807) is 6.92 Å². The molecular formula is C16H28O4. The van der Waals surface area contributed by atoms with E-state index >= 15 is 0 Å². The molecule has 0 aromatic rings. The molecule has 2 unspecified atom stereocenters. The maximum absolute atomic E-state index is 12.3. The minimum absolute atomic E-state index is 0.217. The number of carbonyl (C=O) groups is 2. The summed E-state index contributed by atoms with van der Waals surface area (Å²) in [5.74, 6) is -0.848. The Morgan fingerprint density at radius 3 is 2.05 bits per heavy atom. The minimum Gasteiger partial charge on any atom is -0.466 e. The monoisotopic (exact) mass is 284 g/mol. The first-order valence-electron chi connectivity index (χ1n) is 7.98. The van der Waals surface area contributed by atoms with Crippen molar-refractivity contribution in [3.8, 4) is 0 Å². The van der Waals surface area contributed by atoms with Crippen LogP contribution in [-0.2, 0) is 19.1 Å². The highest BCUT2D eigenvalue weighted by molar-refractivity contribution is 5.82. The Morgan fingerprint density at radius 1 is 1.00 bits per heavy atom. The van der Waals surface area contributed by atoms with Gasteiger partial charge in [0.25, 0.3) is 0 Å². The molecule has 0 heterocycles. The second-order valence-corrected chi connectivity index (χ2v) is 5.47. The van der Waals surface area contributed by atoms with Crippen LogP contribution in [-0.4, -0.2) is 25.2 Å². The molecule has 1 fully saturated rings. The Morgan fingerprint density at radius 2 is 1.55 bits per heavy atom. The van der Waals surface area contributed by atoms with Crippen molar-refractivity contribution in [3.05, 3.63) is 0 Å². The van der Waals surface area contributed by atoms with E-state index < -0.39 is 0 Å². The van der Waals surface area contributed by atoms with E-state index in [0.29, 0.717) is 19.6 Å². The van der Waals surface area contributed by atoms with E-state index in [-0.39, 0.29) is 29.7 Å². The van der Waals surface area contributed by atoms with E-state index in [1.165, 1.54) is 0 Å². The fourth-order valence-electron chi connectivity index (χ4n) is 3.24. The SMILES string of the molecule is CCCC(C(=O)OCC)C(C(=O)OCC)C1CCCC1. The van der Waals surface area contributed by atoms with Gasteiger partial charge in [-0.25, -0.2) is 0 Å². The van der Waals surface area contributed by atoms with E-state index in [1.807, 2.05) is 13.8 Å². The van der Waals surface area contributed by atoms with Gasteiger partial charge in [-0.2, -0.15) is 0 Å². The smallest absolute Gasteiger partial charge is 0.310 e. The number of hydrogen-bond donors (Lipinski definition) is 0. The summed E-state index contributed by atoms with van der Waals surface area (Å²) in [5, 5.41) is 0. The highest BCUT2D eigenvalue weighted by Crippen LogP contribution is 2.38. The summed E-state index contributed by atoms with van der Waals surface area (Å²) in [6.07, 6.45) is 5.88. The van der Waals surface area contributed by atoms with Crippen molar-refractivity contribution in [3.63, 3.8) is 0 Å². The van der Waals surface area contributed by atoms with E-state index in [0.717, 1.165) is 32.1 Å². The van der Waals surface area contributed by atoms with Crippen LogP contribution >= 0.6 is 0 Å². The summed E-state index contributed by atoms with van der Waals surface area (Å²) < 4.78 is 10.4. The molecule has 0 aromatic carbocycles. The predicted molar refractivity (Wildman–Crippen MR) is 77.1 cm³/mol. The predicted octanol–water partition coefficient (Wildman–Crippen LogP) is 3.34. The molecule has 2 atom stereocenters. The minimum atomic E-state index is -0.345. The topological polar surface area (TPSA) is 52.6 Å². The van der Waals surface area contributed by atoms with E-state index in [9.17, 15) is 9.59 Å².